The quantitative estimate of drug-likeness (QED) is 0.272. The smallest absolute Gasteiger partial charge is 0.310 e. The van der Waals surface area contributed by atoms with Crippen molar-refractivity contribution in [1.82, 2.24) is 0 Å². The molecule has 0 radical (unpaired) electrons. The normalized spacial score (nSPS) is 4.20. The van der Waals surface area contributed by atoms with Crippen LogP contribution in [0.3, 0.4) is 0 Å². The van der Waals surface area contributed by atoms with Crippen molar-refractivity contribution in [3.05, 3.63) is 0 Å². The van der Waals surface area contributed by atoms with Crippen LogP contribution in [0.5, 0.6) is 0 Å². The van der Waals surface area contributed by atoms with E-state index in [1.807, 2.05) is 0 Å². The van der Waals surface area contributed by atoms with Crippen molar-refractivity contribution in [2.45, 2.75) is 0 Å². The van der Waals surface area contributed by atoms with Gasteiger partial charge in [0.2, 0.25) is 0 Å². The topological polar surface area (TPSA) is 37.3 Å². The van der Waals surface area contributed by atoms with E-state index in [-0.39, 0.29) is 16.8 Å². The van der Waals surface area contributed by atoms with Crippen LogP contribution < -0.4 is 0 Å². The summed E-state index contributed by atoms with van der Waals surface area (Å²) in [4.78, 5) is 6.99. The van der Waals surface area contributed by atoms with E-state index in [1.54, 1.807) is 0 Å². The molecule has 0 amide bonds. The first kappa shape index (κ1) is 19.0. The second-order valence-electron chi connectivity index (χ2n) is 0.0816. The van der Waals surface area contributed by atoms with Crippen molar-refractivity contribution >= 4 is 25.5 Å². The first-order chi connectivity index (χ1) is 1.41. The Balaban J connectivity index is -0.0000000200. The molecule has 0 spiro atoms. The van der Waals surface area contributed by atoms with Crippen LogP contribution >= 0.6 is 8.69 Å². The summed E-state index contributed by atoms with van der Waals surface area (Å²) in [6.07, 6.45) is 0. The van der Waals surface area contributed by atoms with Gasteiger partial charge in [-0.2, -0.15) is 0 Å². The highest BCUT2D eigenvalue weighted by atomic mass is 31.1. The lowest BCUT2D eigenvalue weighted by atomic mass is 10.8. The van der Waals surface area contributed by atoms with Crippen LogP contribution in [0.15, 0.2) is 0 Å². The highest BCUT2D eigenvalue weighted by Gasteiger charge is 1.28. The van der Waals surface area contributed by atoms with Gasteiger partial charge in [-0.25, -0.2) is 4.57 Å². The molecule has 0 aliphatic heterocycles. The maximum Gasteiger partial charge on any atom is 0.324 e. The molecule has 2 nitrogen and oxygen atoms in total. The molecule has 0 aliphatic carbocycles. The fourth-order valence-electron chi connectivity index (χ4n) is 0. The molecule has 30 valence electrons. The molecule has 5 heavy (non-hydrogen) atoms. The molecule has 0 aromatic carbocycles. The Kier molecular flexibility index (Phi) is 114. The molecule has 0 unspecified atom stereocenters. The molecule has 0 aromatic heterocycles. The van der Waals surface area contributed by atoms with Gasteiger partial charge in [0.25, 0.3) is 0 Å². The third kappa shape index (κ3) is 557. The van der Waals surface area contributed by atoms with Crippen LogP contribution in [-0.4, -0.2) is 21.7 Å². The van der Waals surface area contributed by atoms with Crippen LogP contribution in [0.2, 0.25) is 0 Å². The summed E-state index contributed by atoms with van der Waals surface area (Å²) in [6.45, 7) is 0. The largest absolute Gasteiger partial charge is 0.324 e. The van der Waals surface area contributed by atoms with Crippen LogP contribution in [0.4, 0.5) is 0 Å². The maximum atomic E-state index is 8.46. The Hall–Kier alpha value is 0.190. The van der Waals surface area contributed by atoms with E-state index in [1.165, 1.54) is 0 Å². The maximum absolute atomic E-state index is 8.46. The molecule has 1 N–H and O–H groups in total. The summed E-state index contributed by atoms with van der Waals surface area (Å²) >= 11 is 0. The van der Waals surface area contributed by atoms with Gasteiger partial charge in [0.1, 0.15) is 0 Å². The average Bonchev–Trinajstić information content (AvgIpc) is 0.918. The second kappa shape index (κ2) is 30.1. The minimum absolute atomic E-state index is 0. The fourth-order valence-corrected chi connectivity index (χ4v) is 0. The predicted molar refractivity (Wildman–Crippen MR) is 29.7 cm³/mol. The molecular formula is H7B2O2P. The lowest BCUT2D eigenvalue weighted by Gasteiger charge is -1.24. The van der Waals surface area contributed by atoms with Gasteiger partial charge < -0.3 is 4.89 Å². The minimum Gasteiger partial charge on any atom is -0.310 e. The predicted octanol–water partition coefficient (Wildman–Crippen LogP) is -2.18. The van der Waals surface area contributed by atoms with E-state index in [0.29, 0.717) is 0 Å². The molecule has 5 heteroatoms. The molecule has 0 saturated heterocycles. The highest BCUT2D eigenvalue weighted by molar-refractivity contribution is 7.16. The molecule has 0 aliphatic rings. The standard InChI is InChI=1S/2BH3.HO2P/c;;1-3-2/h2*1H3;(H,1,2). The van der Waals surface area contributed by atoms with Crippen molar-refractivity contribution in [3.63, 3.8) is 0 Å². The van der Waals surface area contributed by atoms with Gasteiger partial charge in [-0.15, -0.1) is 0 Å². The van der Waals surface area contributed by atoms with Gasteiger partial charge in [0.05, 0.1) is 16.8 Å². The van der Waals surface area contributed by atoms with Crippen molar-refractivity contribution in [1.29, 1.82) is 0 Å². The summed E-state index contributed by atoms with van der Waals surface area (Å²) in [6, 6.07) is 0. The zero-order valence-electron chi connectivity index (χ0n) is 1.30. The summed E-state index contributed by atoms with van der Waals surface area (Å²) in [5, 5.41) is 0. The average molecular weight is 91.7 g/mol. The molecule has 0 rings (SSSR count). The fraction of sp³-hybridized carbons (Fsp3) is 0. The molecule has 0 bridgehead atoms. The Bertz CT molecular complexity index is 15.1. The first-order valence-corrected chi connectivity index (χ1v) is 1.15. The molecule has 0 atom stereocenters. The molecular weight excluding hydrogens is 84.6 g/mol. The number of hydrogen-bond acceptors (Lipinski definition) is 1. The minimum atomic E-state index is -0.833. The number of hydrogen-bond donors (Lipinski definition) is 1. The summed E-state index contributed by atoms with van der Waals surface area (Å²) in [7, 11) is -0.833. The Labute approximate surface area is 36.0 Å². The molecule has 0 saturated carbocycles. The van der Waals surface area contributed by atoms with E-state index < -0.39 is 8.69 Å². The summed E-state index contributed by atoms with van der Waals surface area (Å²) in [5.41, 5.74) is 0. The SMILES string of the molecule is B.B.O=PO. The van der Waals surface area contributed by atoms with Crippen LogP contribution in [0.1, 0.15) is 0 Å². The lowest BCUT2D eigenvalue weighted by Crippen LogP contribution is -1.03. The lowest BCUT2D eigenvalue weighted by molar-refractivity contribution is 0.524. The Morgan fingerprint density at radius 3 is 1.40 bits per heavy atom. The van der Waals surface area contributed by atoms with Crippen molar-refractivity contribution in [2.24, 2.45) is 0 Å². The van der Waals surface area contributed by atoms with Crippen LogP contribution in [0, 0.1) is 0 Å². The highest BCUT2D eigenvalue weighted by Crippen LogP contribution is 1.66. The zero-order valence-corrected chi connectivity index (χ0v) is 2.20. The second-order valence-corrected chi connectivity index (χ2v) is 0.245. The summed E-state index contributed by atoms with van der Waals surface area (Å²) < 4.78 is 8.46. The van der Waals surface area contributed by atoms with Crippen molar-refractivity contribution < 1.29 is 9.46 Å². The number of rotatable bonds is 0. The van der Waals surface area contributed by atoms with E-state index >= 15 is 0 Å². The van der Waals surface area contributed by atoms with E-state index in [0.717, 1.165) is 0 Å². The van der Waals surface area contributed by atoms with Gasteiger partial charge in [-0.1, -0.05) is 0 Å². The van der Waals surface area contributed by atoms with Gasteiger partial charge >= 0.3 is 8.69 Å². The monoisotopic (exact) mass is 92.0 g/mol. The summed E-state index contributed by atoms with van der Waals surface area (Å²) in [5.74, 6) is 0. The van der Waals surface area contributed by atoms with Gasteiger partial charge in [0, 0.05) is 0 Å². The van der Waals surface area contributed by atoms with Gasteiger partial charge in [0.15, 0.2) is 0 Å². The molecule has 0 aromatic rings. The third-order valence-electron chi connectivity index (χ3n) is 0. The van der Waals surface area contributed by atoms with Crippen LogP contribution in [-0.2, 0) is 4.57 Å². The third-order valence-corrected chi connectivity index (χ3v) is 0. The van der Waals surface area contributed by atoms with Gasteiger partial charge in [-0.3, -0.25) is 0 Å². The Morgan fingerprint density at radius 1 is 1.40 bits per heavy atom. The first-order valence-electron chi connectivity index (χ1n) is 0.383. The van der Waals surface area contributed by atoms with Crippen LogP contribution in [0.25, 0.3) is 0 Å². The molecule has 0 fully saturated rings. The molecule has 0 heterocycles. The van der Waals surface area contributed by atoms with E-state index in [4.69, 9.17) is 9.46 Å². The van der Waals surface area contributed by atoms with E-state index in [2.05, 4.69) is 0 Å². The van der Waals surface area contributed by atoms with Crippen molar-refractivity contribution in [3.8, 4) is 0 Å². The Morgan fingerprint density at radius 2 is 1.40 bits per heavy atom. The van der Waals surface area contributed by atoms with E-state index in [9.17, 15) is 0 Å². The van der Waals surface area contributed by atoms with Crippen molar-refractivity contribution in [2.75, 3.05) is 0 Å². The van der Waals surface area contributed by atoms with Gasteiger partial charge in [-0.05, 0) is 0 Å². The zero-order chi connectivity index (χ0) is 2.71.